The summed E-state index contributed by atoms with van der Waals surface area (Å²) >= 11 is 11.3. The second-order valence-electron chi connectivity index (χ2n) is 4.05. The van der Waals surface area contributed by atoms with Gasteiger partial charge in [-0.2, -0.15) is 0 Å². The number of Topliss-reactive ketones (excluding diaryl/α,β-unsaturated/α-hetero) is 1. The number of rotatable bonds is 5. The highest BCUT2D eigenvalue weighted by molar-refractivity contribution is 6.30. The minimum atomic E-state index is 0.00744. The Kier molecular flexibility index (Phi) is 4.83. The van der Waals surface area contributed by atoms with Crippen LogP contribution in [0.25, 0.3) is 0 Å². The summed E-state index contributed by atoms with van der Waals surface area (Å²) in [6.45, 7) is 0. The molecule has 0 saturated heterocycles. The highest BCUT2D eigenvalue weighted by atomic mass is 35.5. The smallest absolute Gasteiger partial charge is 0.151 e. The molecule has 0 aromatic heterocycles. The SMILES string of the molecule is O=C(CCl)Cc1ccc(Oc2ccc(Cl)cc2)cc1. The Bertz CT molecular complexity index is 547. The molecule has 0 heterocycles. The Balaban J connectivity index is 2.02. The average Bonchev–Trinajstić information content (AvgIpc) is 2.43. The van der Waals surface area contributed by atoms with Gasteiger partial charge in [-0.25, -0.2) is 0 Å². The zero-order valence-electron chi connectivity index (χ0n) is 10.1. The number of carbonyl (C=O) groups excluding carboxylic acids is 1. The number of benzene rings is 2. The lowest BCUT2D eigenvalue weighted by Crippen LogP contribution is -2.03. The van der Waals surface area contributed by atoms with E-state index in [2.05, 4.69) is 0 Å². The van der Waals surface area contributed by atoms with Gasteiger partial charge in [0.25, 0.3) is 0 Å². The maximum absolute atomic E-state index is 11.2. The first kappa shape index (κ1) is 13.9. The highest BCUT2D eigenvalue weighted by Gasteiger charge is 2.03. The maximum Gasteiger partial charge on any atom is 0.151 e. The van der Waals surface area contributed by atoms with Gasteiger partial charge < -0.3 is 4.74 Å². The Hall–Kier alpha value is -1.51. The van der Waals surface area contributed by atoms with Crippen molar-refractivity contribution in [2.75, 3.05) is 5.88 Å². The van der Waals surface area contributed by atoms with Crippen LogP contribution in [0.3, 0.4) is 0 Å². The lowest BCUT2D eigenvalue weighted by Gasteiger charge is -2.06. The molecule has 0 amide bonds. The molecule has 2 nitrogen and oxygen atoms in total. The van der Waals surface area contributed by atoms with Crippen LogP contribution in [-0.2, 0) is 11.2 Å². The quantitative estimate of drug-likeness (QED) is 0.760. The van der Waals surface area contributed by atoms with Crippen LogP contribution in [0.5, 0.6) is 11.5 Å². The zero-order chi connectivity index (χ0) is 13.7. The van der Waals surface area contributed by atoms with Gasteiger partial charge in [-0.3, -0.25) is 4.79 Å². The third-order valence-electron chi connectivity index (χ3n) is 2.52. The van der Waals surface area contributed by atoms with Crippen molar-refractivity contribution in [3.63, 3.8) is 0 Å². The first-order valence-electron chi connectivity index (χ1n) is 5.77. The molecule has 2 rings (SSSR count). The van der Waals surface area contributed by atoms with E-state index in [4.69, 9.17) is 27.9 Å². The number of hydrogen-bond acceptors (Lipinski definition) is 2. The van der Waals surface area contributed by atoms with Gasteiger partial charge in [0, 0.05) is 11.4 Å². The van der Waals surface area contributed by atoms with Gasteiger partial charge >= 0.3 is 0 Å². The van der Waals surface area contributed by atoms with E-state index in [-0.39, 0.29) is 11.7 Å². The third-order valence-corrected chi connectivity index (χ3v) is 3.07. The van der Waals surface area contributed by atoms with Gasteiger partial charge in [-0.1, -0.05) is 23.7 Å². The molecule has 0 atom stereocenters. The van der Waals surface area contributed by atoms with Crippen molar-refractivity contribution in [1.29, 1.82) is 0 Å². The van der Waals surface area contributed by atoms with E-state index in [1.807, 2.05) is 24.3 Å². The molecule has 0 unspecified atom stereocenters. The number of carbonyl (C=O) groups is 1. The lowest BCUT2D eigenvalue weighted by atomic mass is 10.1. The van der Waals surface area contributed by atoms with E-state index in [1.54, 1.807) is 24.3 Å². The Morgan fingerprint density at radius 1 is 0.947 bits per heavy atom. The van der Waals surface area contributed by atoms with Crippen molar-refractivity contribution in [2.24, 2.45) is 0 Å². The van der Waals surface area contributed by atoms with Crippen molar-refractivity contribution >= 4 is 29.0 Å². The average molecular weight is 295 g/mol. The molecule has 0 saturated carbocycles. The van der Waals surface area contributed by atoms with Gasteiger partial charge in [0.05, 0.1) is 5.88 Å². The van der Waals surface area contributed by atoms with E-state index < -0.39 is 0 Å². The topological polar surface area (TPSA) is 26.3 Å². The highest BCUT2D eigenvalue weighted by Crippen LogP contribution is 2.23. The van der Waals surface area contributed by atoms with Crippen LogP contribution in [0.15, 0.2) is 48.5 Å². The van der Waals surface area contributed by atoms with E-state index in [1.165, 1.54) is 0 Å². The molecular formula is C15H12Cl2O2. The van der Waals surface area contributed by atoms with Crippen LogP contribution in [0.1, 0.15) is 5.56 Å². The summed E-state index contributed by atoms with van der Waals surface area (Å²) in [5.74, 6) is 1.48. The fourth-order valence-electron chi connectivity index (χ4n) is 1.59. The van der Waals surface area contributed by atoms with Crippen molar-refractivity contribution in [1.82, 2.24) is 0 Å². The summed E-state index contributed by atoms with van der Waals surface area (Å²) in [4.78, 5) is 11.2. The van der Waals surface area contributed by atoms with Crippen LogP contribution in [-0.4, -0.2) is 11.7 Å². The second-order valence-corrected chi connectivity index (χ2v) is 4.75. The van der Waals surface area contributed by atoms with Crippen LogP contribution >= 0.6 is 23.2 Å². The predicted molar refractivity (Wildman–Crippen MR) is 77.4 cm³/mol. The molecule has 0 N–H and O–H groups in total. The summed E-state index contributed by atoms with van der Waals surface area (Å²) in [7, 11) is 0. The Morgan fingerprint density at radius 3 is 2.00 bits per heavy atom. The van der Waals surface area contributed by atoms with Crippen molar-refractivity contribution in [2.45, 2.75) is 6.42 Å². The molecular weight excluding hydrogens is 283 g/mol. The van der Waals surface area contributed by atoms with Gasteiger partial charge in [-0.15, -0.1) is 11.6 Å². The number of ketones is 1. The Morgan fingerprint density at radius 2 is 1.47 bits per heavy atom. The molecule has 98 valence electrons. The van der Waals surface area contributed by atoms with Crippen molar-refractivity contribution < 1.29 is 9.53 Å². The standard InChI is InChI=1S/C15H12Cl2O2/c16-10-13(18)9-11-1-5-14(6-2-11)19-15-7-3-12(17)4-8-15/h1-8H,9-10H2. The van der Waals surface area contributed by atoms with E-state index in [0.29, 0.717) is 22.9 Å². The largest absolute Gasteiger partial charge is 0.457 e. The summed E-state index contributed by atoms with van der Waals surface area (Å²) < 4.78 is 5.65. The van der Waals surface area contributed by atoms with Crippen molar-refractivity contribution in [3.8, 4) is 11.5 Å². The molecule has 2 aromatic rings. The second kappa shape index (κ2) is 6.60. The molecule has 0 spiro atoms. The molecule has 2 aromatic carbocycles. The first-order chi connectivity index (χ1) is 9.17. The minimum absolute atomic E-state index is 0.00744. The first-order valence-corrected chi connectivity index (χ1v) is 6.68. The summed E-state index contributed by atoms with van der Waals surface area (Å²) in [6, 6.07) is 14.5. The fourth-order valence-corrected chi connectivity index (χ4v) is 1.81. The van der Waals surface area contributed by atoms with E-state index in [0.717, 1.165) is 5.56 Å². The van der Waals surface area contributed by atoms with E-state index >= 15 is 0 Å². The molecule has 0 aliphatic heterocycles. The molecule has 0 aliphatic carbocycles. The normalized spacial score (nSPS) is 10.2. The van der Waals surface area contributed by atoms with Crippen LogP contribution in [0.2, 0.25) is 5.02 Å². The van der Waals surface area contributed by atoms with Crippen LogP contribution < -0.4 is 4.74 Å². The monoisotopic (exact) mass is 294 g/mol. The number of halogens is 2. The maximum atomic E-state index is 11.2. The third kappa shape index (κ3) is 4.27. The molecule has 19 heavy (non-hydrogen) atoms. The molecule has 0 bridgehead atoms. The summed E-state index contributed by atoms with van der Waals surface area (Å²) in [5, 5.41) is 0.669. The fraction of sp³-hybridized carbons (Fsp3) is 0.133. The van der Waals surface area contributed by atoms with Crippen molar-refractivity contribution in [3.05, 3.63) is 59.1 Å². The van der Waals surface area contributed by atoms with Gasteiger partial charge in [0.15, 0.2) is 5.78 Å². The van der Waals surface area contributed by atoms with Crippen LogP contribution in [0, 0.1) is 0 Å². The molecule has 0 radical (unpaired) electrons. The van der Waals surface area contributed by atoms with E-state index in [9.17, 15) is 4.79 Å². The van der Waals surface area contributed by atoms with Crippen LogP contribution in [0.4, 0.5) is 0 Å². The number of ether oxygens (including phenoxy) is 1. The molecule has 4 heteroatoms. The zero-order valence-corrected chi connectivity index (χ0v) is 11.6. The van der Waals surface area contributed by atoms with Gasteiger partial charge in [0.1, 0.15) is 11.5 Å². The Labute approximate surface area is 121 Å². The number of alkyl halides is 1. The van der Waals surface area contributed by atoms with Gasteiger partial charge in [-0.05, 0) is 42.0 Å². The summed E-state index contributed by atoms with van der Waals surface area (Å²) in [6.07, 6.45) is 0.352. The van der Waals surface area contributed by atoms with Gasteiger partial charge in [0.2, 0.25) is 0 Å². The number of hydrogen-bond donors (Lipinski definition) is 0. The molecule has 0 aliphatic rings. The summed E-state index contributed by atoms with van der Waals surface area (Å²) in [5.41, 5.74) is 0.925. The molecule has 0 fully saturated rings. The lowest BCUT2D eigenvalue weighted by molar-refractivity contribution is -0.116. The predicted octanol–water partition coefficient (Wildman–Crippen LogP) is 4.48. The minimum Gasteiger partial charge on any atom is -0.457 e.